The minimum Gasteiger partial charge on any atom is -0.315 e. The average molecular weight is 290 g/mol. The predicted octanol–water partition coefficient (Wildman–Crippen LogP) is 3.34. The summed E-state index contributed by atoms with van der Waals surface area (Å²) in [6.07, 6.45) is 3.12. The van der Waals surface area contributed by atoms with Crippen molar-refractivity contribution in [1.29, 1.82) is 0 Å². The van der Waals surface area contributed by atoms with Crippen molar-refractivity contribution in [3.63, 3.8) is 0 Å². The zero-order valence-corrected chi connectivity index (χ0v) is 13.0. The maximum absolute atomic E-state index is 11.6. The van der Waals surface area contributed by atoms with Crippen LogP contribution in [0.25, 0.3) is 0 Å². The van der Waals surface area contributed by atoms with Crippen LogP contribution in [0.4, 0.5) is 0 Å². The lowest BCUT2D eigenvalue weighted by Crippen LogP contribution is -2.25. The van der Waals surface area contributed by atoms with E-state index in [-0.39, 0.29) is 5.56 Å². The van der Waals surface area contributed by atoms with Gasteiger partial charge < -0.3 is 4.57 Å². The summed E-state index contributed by atoms with van der Waals surface area (Å²) >= 11 is 1.80. The Morgan fingerprint density at radius 3 is 2.70 bits per heavy atom. The van der Waals surface area contributed by atoms with Gasteiger partial charge in [-0.1, -0.05) is 19.1 Å². The van der Waals surface area contributed by atoms with Crippen molar-refractivity contribution in [2.75, 3.05) is 6.54 Å². The van der Waals surface area contributed by atoms with Crippen LogP contribution in [0, 0.1) is 0 Å². The summed E-state index contributed by atoms with van der Waals surface area (Å²) in [6, 6.07) is 7.90. The average Bonchev–Trinajstić information content (AvgIpc) is 2.94. The Bertz CT molecular complexity index is 574. The van der Waals surface area contributed by atoms with Crippen LogP contribution in [0.15, 0.2) is 40.6 Å². The monoisotopic (exact) mass is 290 g/mol. The Hall–Kier alpha value is -1.39. The summed E-state index contributed by atoms with van der Waals surface area (Å²) < 4.78 is 1.77. The van der Waals surface area contributed by atoms with Crippen molar-refractivity contribution in [2.24, 2.45) is 0 Å². The molecule has 3 nitrogen and oxygen atoms in total. The molecular weight excluding hydrogens is 268 g/mol. The van der Waals surface area contributed by atoms with Crippen LogP contribution in [0.5, 0.6) is 0 Å². The van der Waals surface area contributed by atoms with Crippen LogP contribution in [-0.2, 0) is 19.6 Å². The highest BCUT2D eigenvalue weighted by Gasteiger charge is 2.08. The number of aromatic nitrogens is 1. The molecule has 0 aliphatic heterocycles. The normalized spacial score (nSPS) is 11.2. The number of rotatable bonds is 7. The Balaban J connectivity index is 2.09. The second kappa shape index (κ2) is 7.41. The number of hydrogen-bond donors (Lipinski definition) is 0. The molecule has 2 heterocycles. The molecule has 2 aromatic rings. The minimum atomic E-state index is 0.0801. The van der Waals surface area contributed by atoms with Gasteiger partial charge >= 0.3 is 0 Å². The fourth-order valence-corrected chi connectivity index (χ4v) is 3.08. The fourth-order valence-electron chi connectivity index (χ4n) is 2.33. The van der Waals surface area contributed by atoms with E-state index in [1.165, 1.54) is 10.4 Å². The molecule has 108 valence electrons. The molecule has 0 aliphatic rings. The Morgan fingerprint density at radius 2 is 2.05 bits per heavy atom. The third-order valence-electron chi connectivity index (χ3n) is 3.29. The van der Waals surface area contributed by atoms with Gasteiger partial charge in [0.2, 0.25) is 0 Å². The molecule has 0 amide bonds. The van der Waals surface area contributed by atoms with E-state index in [1.54, 1.807) is 22.0 Å². The van der Waals surface area contributed by atoms with Crippen molar-refractivity contribution >= 4 is 11.3 Å². The number of aryl methyl sites for hydroxylation is 1. The molecule has 0 saturated carbocycles. The van der Waals surface area contributed by atoms with Crippen LogP contribution in [0.3, 0.4) is 0 Å². The van der Waals surface area contributed by atoms with Gasteiger partial charge in [0.1, 0.15) is 0 Å². The molecule has 2 aromatic heterocycles. The van der Waals surface area contributed by atoms with Crippen LogP contribution in [0.2, 0.25) is 0 Å². The van der Waals surface area contributed by atoms with Crippen molar-refractivity contribution in [2.45, 2.75) is 39.9 Å². The summed E-state index contributed by atoms with van der Waals surface area (Å²) in [5, 5.41) is 2.12. The third kappa shape index (κ3) is 4.05. The van der Waals surface area contributed by atoms with Crippen molar-refractivity contribution in [3.8, 4) is 0 Å². The van der Waals surface area contributed by atoms with Crippen LogP contribution < -0.4 is 5.56 Å². The Kier molecular flexibility index (Phi) is 5.56. The van der Waals surface area contributed by atoms with E-state index in [0.717, 1.165) is 32.6 Å². The summed E-state index contributed by atoms with van der Waals surface area (Å²) in [5.74, 6) is 0. The van der Waals surface area contributed by atoms with Gasteiger partial charge in [0.15, 0.2) is 0 Å². The van der Waals surface area contributed by atoms with Crippen LogP contribution >= 0.6 is 11.3 Å². The molecular formula is C16H22N2OS. The van der Waals surface area contributed by atoms with Crippen molar-refractivity contribution < 1.29 is 0 Å². The highest BCUT2D eigenvalue weighted by atomic mass is 32.1. The molecule has 0 aromatic carbocycles. The van der Waals surface area contributed by atoms with E-state index < -0.39 is 0 Å². The molecule has 0 atom stereocenters. The highest BCUT2D eigenvalue weighted by Crippen LogP contribution is 2.14. The lowest BCUT2D eigenvalue weighted by atomic mass is 10.2. The van der Waals surface area contributed by atoms with E-state index in [4.69, 9.17) is 0 Å². The zero-order valence-electron chi connectivity index (χ0n) is 12.2. The van der Waals surface area contributed by atoms with Gasteiger partial charge in [-0.15, -0.1) is 11.3 Å². The van der Waals surface area contributed by atoms with Gasteiger partial charge in [0.05, 0.1) is 0 Å². The second-order valence-corrected chi connectivity index (χ2v) is 5.98. The molecule has 0 radical (unpaired) electrons. The fraction of sp³-hybridized carbons (Fsp3) is 0.438. The standard InChI is InChI=1S/C16H22N2OS/c1-3-9-17(13-15-6-5-10-20-15)11-14-7-8-16(19)18(4-2)12-14/h5-8,10,12H,3-4,9,11,13H2,1-2H3. The van der Waals surface area contributed by atoms with Gasteiger partial charge in [-0.2, -0.15) is 0 Å². The van der Waals surface area contributed by atoms with Crippen LogP contribution in [0.1, 0.15) is 30.7 Å². The summed E-state index contributed by atoms with van der Waals surface area (Å²) in [7, 11) is 0. The minimum absolute atomic E-state index is 0.0801. The van der Waals surface area contributed by atoms with Gasteiger partial charge in [-0.3, -0.25) is 9.69 Å². The Labute approximate surface area is 124 Å². The van der Waals surface area contributed by atoms with Crippen molar-refractivity contribution in [1.82, 2.24) is 9.47 Å². The molecule has 0 spiro atoms. The highest BCUT2D eigenvalue weighted by molar-refractivity contribution is 7.09. The third-order valence-corrected chi connectivity index (χ3v) is 4.15. The number of nitrogens with zero attached hydrogens (tertiary/aromatic N) is 2. The first-order chi connectivity index (χ1) is 9.72. The molecule has 0 N–H and O–H groups in total. The Morgan fingerprint density at radius 1 is 1.20 bits per heavy atom. The number of pyridine rings is 1. The molecule has 0 bridgehead atoms. The lowest BCUT2D eigenvalue weighted by Gasteiger charge is -2.21. The molecule has 0 aliphatic carbocycles. The molecule has 0 saturated heterocycles. The molecule has 4 heteroatoms. The zero-order chi connectivity index (χ0) is 14.4. The maximum atomic E-state index is 11.6. The SMILES string of the molecule is CCCN(Cc1ccc(=O)n(CC)c1)Cc1cccs1. The van der Waals surface area contributed by atoms with E-state index in [2.05, 4.69) is 29.3 Å². The molecule has 20 heavy (non-hydrogen) atoms. The molecule has 0 unspecified atom stereocenters. The second-order valence-electron chi connectivity index (χ2n) is 4.95. The number of thiophene rings is 1. The van der Waals surface area contributed by atoms with Crippen molar-refractivity contribution in [3.05, 3.63) is 56.6 Å². The summed E-state index contributed by atoms with van der Waals surface area (Å²) in [5.41, 5.74) is 1.29. The van der Waals surface area contributed by atoms with E-state index in [1.807, 2.05) is 19.2 Å². The summed E-state index contributed by atoms with van der Waals surface area (Å²) in [4.78, 5) is 15.4. The first kappa shape index (κ1) is 15.0. The number of hydrogen-bond acceptors (Lipinski definition) is 3. The van der Waals surface area contributed by atoms with E-state index in [9.17, 15) is 4.79 Å². The first-order valence-corrected chi connectivity index (χ1v) is 8.05. The largest absolute Gasteiger partial charge is 0.315 e. The van der Waals surface area contributed by atoms with Gasteiger partial charge in [0, 0.05) is 36.8 Å². The quantitative estimate of drug-likeness (QED) is 0.781. The lowest BCUT2D eigenvalue weighted by molar-refractivity contribution is 0.259. The molecule has 2 rings (SSSR count). The van der Waals surface area contributed by atoms with Gasteiger partial charge in [-0.25, -0.2) is 0 Å². The topological polar surface area (TPSA) is 25.2 Å². The molecule has 0 fully saturated rings. The predicted molar refractivity (Wildman–Crippen MR) is 85.1 cm³/mol. The van der Waals surface area contributed by atoms with Gasteiger partial charge in [-0.05, 0) is 36.9 Å². The van der Waals surface area contributed by atoms with Crippen LogP contribution in [-0.4, -0.2) is 16.0 Å². The van der Waals surface area contributed by atoms with Gasteiger partial charge in [0.25, 0.3) is 5.56 Å². The first-order valence-electron chi connectivity index (χ1n) is 7.17. The maximum Gasteiger partial charge on any atom is 0.250 e. The van der Waals surface area contributed by atoms with E-state index in [0.29, 0.717) is 0 Å². The van der Waals surface area contributed by atoms with E-state index >= 15 is 0 Å². The summed E-state index contributed by atoms with van der Waals surface area (Å²) in [6.45, 7) is 7.88. The smallest absolute Gasteiger partial charge is 0.250 e.